The summed E-state index contributed by atoms with van der Waals surface area (Å²) in [4.78, 5) is 10.3. The van der Waals surface area contributed by atoms with Crippen LogP contribution in [-0.4, -0.2) is 28.5 Å². The lowest BCUT2D eigenvalue weighted by Gasteiger charge is -2.19. The van der Waals surface area contributed by atoms with Crippen LogP contribution in [-0.2, 0) is 9.53 Å². The molecule has 0 spiro atoms. The zero-order valence-corrected chi connectivity index (χ0v) is 8.82. The largest absolute Gasteiger partial charge is 0.465 e. The van der Waals surface area contributed by atoms with Gasteiger partial charge in [0.1, 0.15) is 6.61 Å². The van der Waals surface area contributed by atoms with Gasteiger partial charge in [-0.05, 0) is 0 Å². The number of carbonyl (C=O) groups is 1. The third-order valence-electron chi connectivity index (χ3n) is 0.979. The molecule has 0 heterocycles. The summed E-state index contributed by atoms with van der Waals surface area (Å²) in [7, 11) is 0. The van der Waals surface area contributed by atoms with Crippen molar-refractivity contribution in [3.05, 3.63) is 0 Å². The minimum Gasteiger partial charge on any atom is -0.456 e. The zero-order chi connectivity index (χ0) is 12.5. The summed E-state index contributed by atoms with van der Waals surface area (Å²) in [5.74, 6) is -8.44. The van der Waals surface area contributed by atoms with Crippen molar-refractivity contribution in [2.45, 2.75) is 15.9 Å². The van der Waals surface area contributed by atoms with Crippen molar-refractivity contribution in [2.24, 2.45) is 0 Å². The molecule has 0 amide bonds. The second-order valence-electron chi connectivity index (χ2n) is 2.26. The number of esters is 1. The minimum absolute atomic E-state index is 1.21. The molecule has 0 fully saturated rings. The molecule has 0 radical (unpaired) electrons. The van der Waals surface area contributed by atoms with Gasteiger partial charge < -0.3 is 4.74 Å². The van der Waals surface area contributed by atoms with Crippen LogP contribution in [0.2, 0.25) is 0 Å². The number of ether oxygens (including phenoxy) is 1. The third-order valence-corrected chi connectivity index (χ3v) is 1.31. The van der Waals surface area contributed by atoms with E-state index in [4.69, 9.17) is 34.8 Å². The Morgan fingerprint density at radius 2 is 1.47 bits per heavy atom. The predicted octanol–water partition coefficient (Wildman–Crippen LogP) is 3.10. The maximum atomic E-state index is 12.2. The lowest BCUT2D eigenvalue weighted by atomic mass is 10.3. The van der Waals surface area contributed by atoms with Gasteiger partial charge in [-0.25, -0.2) is 4.79 Å². The van der Waals surface area contributed by atoms with Gasteiger partial charge in [0.25, 0.3) is 0 Å². The molecule has 0 aliphatic rings. The van der Waals surface area contributed by atoms with Crippen molar-refractivity contribution in [1.82, 2.24) is 0 Å². The normalized spacial score (nSPS) is 13.9. The Balaban J connectivity index is 4.47. The van der Waals surface area contributed by atoms with Gasteiger partial charge in [0.05, 0.1) is 0 Å². The van der Waals surface area contributed by atoms with Gasteiger partial charge in [-0.2, -0.15) is 22.0 Å². The summed E-state index contributed by atoms with van der Waals surface area (Å²) in [5, 5.41) is 0. The molecule has 0 unspecified atom stereocenters. The fourth-order valence-electron chi connectivity index (χ4n) is 0.354. The first-order valence-corrected chi connectivity index (χ1v) is 4.20. The van der Waals surface area contributed by atoms with Gasteiger partial charge in [0.15, 0.2) is 0 Å². The van der Waals surface area contributed by atoms with Crippen LogP contribution in [0.5, 0.6) is 0 Å². The smallest absolute Gasteiger partial charge is 0.456 e. The molecule has 0 N–H and O–H groups in total. The molecular formula is C5H2Cl3F5O2. The molecule has 0 rings (SSSR count). The second kappa shape index (κ2) is 4.47. The highest BCUT2D eigenvalue weighted by molar-refractivity contribution is 6.67. The van der Waals surface area contributed by atoms with Crippen LogP contribution in [0.4, 0.5) is 22.0 Å². The van der Waals surface area contributed by atoms with Crippen molar-refractivity contribution in [3.63, 3.8) is 0 Å². The molecule has 0 aromatic heterocycles. The quantitative estimate of drug-likeness (QED) is 0.444. The van der Waals surface area contributed by atoms with Crippen LogP contribution >= 0.6 is 34.8 Å². The first kappa shape index (κ1) is 15.0. The maximum Gasteiger partial charge on any atom is 0.465 e. The molecule has 0 aliphatic heterocycles. The number of alkyl halides is 8. The van der Waals surface area contributed by atoms with Crippen LogP contribution in [0.3, 0.4) is 0 Å². The fourth-order valence-corrected chi connectivity index (χ4v) is 0.517. The van der Waals surface area contributed by atoms with Gasteiger partial charge >= 0.3 is 18.1 Å². The number of hydrogen-bond donors (Lipinski definition) is 0. The molecule has 2 nitrogen and oxygen atoms in total. The summed E-state index contributed by atoms with van der Waals surface area (Å²) < 4.78 is 60.2. The van der Waals surface area contributed by atoms with E-state index in [1.54, 1.807) is 0 Å². The van der Waals surface area contributed by atoms with E-state index in [9.17, 15) is 26.7 Å². The number of rotatable bonds is 2. The molecule has 0 aromatic carbocycles. The van der Waals surface area contributed by atoms with E-state index in [2.05, 4.69) is 4.74 Å². The Hall–Kier alpha value is -0.0100. The van der Waals surface area contributed by atoms with E-state index >= 15 is 0 Å². The maximum absolute atomic E-state index is 12.2. The van der Waals surface area contributed by atoms with E-state index in [1.165, 1.54) is 0 Å². The molecule has 0 aliphatic carbocycles. The molecule has 0 bridgehead atoms. The molecule has 90 valence electrons. The van der Waals surface area contributed by atoms with Crippen LogP contribution in [0.15, 0.2) is 0 Å². The van der Waals surface area contributed by atoms with Crippen molar-refractivity contribution in [1.29, 1.82) is 0 Å². The van der Waals surface area contributed by atoms with E-state index in [0.717, 1.165) is 0 Å². The Labute approximate surface area is 95.2 Å². The summed E-state index contributed by atoms with van der Waals surface area (Å²) in [5.41, 5.74) is 0. The average Bonchev–Trinajstić information content (AvgIpc) is 1.96. The van der Waals surface area contributed by atoms with Gasteiger partial charge in [-0.15, -0.1) is 0 Å². The third kappa shape index (κ3) is 4.56. The Bertz CT molecular complexity index is 246. The number of hydrogen-bond acceptors (Lipinski definition) is 2. The molecular weight excluding hydrogens is 293 g/mol. The minimum atomic E-state index is -6.04. The number of halogens is 8. The van der Waals surface area contributed by atoms with Gasteiger partial charge in [-0.1, -0.05) is 34.8 Å². The lowest BCUT2D eigenvalue weighted by molar-refractivity contribution is -0.280. The highest BCUT2D eigenvalue weighted by Crippen LogP contribution is 2.37. The SMILES string of the molecule is O=C(OCC(Cl)(Cl)Cl)C(F)(F)C(F)(F)F. The zero-order valence-electron chi connectivity index (χ0n) is 6.55. The first-order valence-electron chi connectivity index (χ1n) is 3.06. The van der Waals surface area contributed by atoms with Crippen LogP contribution in [0.25, 0.3) is 0 Å². The van der Waals surface area contributed by atoms with Crippen molar-refractivity contribution in [2.75, 3.05) is 6.61 Å². The Morgan fingerprint density at radius 1 is 1.07 bits per heavy atom. The Kier molecular flexibility index (Phi) is 4.46. The highest BCUT2D eigenvalue weighted by Gasteiger charge is 2.65. The molecule has 0 atom stereocenters. The molecule has 0 aromatic rings. The fraction of sp³-hybridized carbons (Fsp3) is 0.800. The van der Waals surface area contributed by atoms with Gasteiger partial charge in [0, 0.05) is 0 Å². The average molecular weight is 295 g/mol. The molecule has 10 heteroatoms. The summed E-state index contributed by atoms with van der Waals surface area (Å²) >= 11 is 14.9. The van der Waals surface area contributed by atoms with E-state index in [0.29, 0.717) is 0 Å². The summed E-state index contributed by atoms with van der Waals surface area (Å²) in [6.45, 7) is -1.21. The second-order valence-corrected chi connectivity index (χ2v) is 4.78. The molecule has 15 heavy (non-hydrogen) atoms. The summed E-state index contributed by atoms with van der Waals surface area (Å²) in [6.07, 6.45) is -6.04. The first-order chi connectivity index (χ1) is 6.38. The number of carbonyl (C=O) groups excluding carboxylic acids is 1. The summed E-state index contributed by atoms with van der Waals surface area (Å²) in [6, 6.07) is 0. The van der Waals surface area contributed by atoms with Crippen LogP contribution in [0, 0.1) is 0 Å². The highest BCUT2D eigenvalue weighted by atomic mass is 35.6. The van der Waals surface area contributed by atoms with Crippen molar-refractivity contribution in [3.8, 4) is 0 Å². The topological polar surface area (TPSA) is 26.3 Å². The van der Waals surface area contributed by atoms with Crippen molar-refractivity contribution >= 4 is 40.8 Å². The van der Waals surface area contributed by atoms with Gasteiger partial charge in [-0.3, -0.25) is 0 Å². The molecule has 0 saturated heterocycles. The van der Waals surface area contributed by atoms with E-state index in [1.807, 2.05) is 0 Å². The van der Waals surface area contributed by atoms with E-state index in [-0.39, 0.29) is 0 Å². The lowest BCUT2D eigenvalue weighted by Crippen LogP contribution is -2.45. The van der Waals surface area contributed by atoms with Crippen molar-refractivity contribution < 1.29 is 31.5 Å². The monoisotopic (exact) mass is 294 g/mol. The Morgan fingerprint density at radius 3 is 1.73 bits per heavy atom. The van der Waals surface area contributed by atoms with E-state index < -0.39 is 28.5 Å². The molecule has 0 saturated carbocycles. The van der Waals surface area contributed by atoms with Crippen LogP contribution in [0.1, 0.15) is 0 Å². The standard InChI is InChI=1S/C5H2Cl3F5O2/c6-3(7,8)1-15-2(14)4(9,10)5(11,12)13/h1H2. The predicted molar refractivity (Wildman–Crippen MR) is 42.3 cm³/mol. The van der Waals surface area contributed by atoms with Gasteiger partial charge in [0.2, 0.25) is 3.79 Å². The van der Waals surface area contributed by atoms with Crippen LogP contribution < -0.4 is 0 Å².